The van der Waals surface area contributed by atoms with Gasteiger partial charge in [0, 0.05) is 6.61 Å². The van der Waals surface area contributed by atoms with Gasteiger partial charge in [0.05, 0.1) is 13.2 Å². The number of ether oxygens (including phenoxy) is 1. The second-order valence-electron chi connectivity index (χ2n) is 3.22. The second kappa shape index (κ2) is 8.97. The molecular formula is C10H21NO3. The summed E-state index contributed by atoms with van der Waals surface area (Å²) in [6.45, 7) is 5.52. The number of carbonyl (C=O) groups is 1. The monoisotopic (exact) mass is 203 g/mol. The van der Waals surface area contributed by atoms with Gasteiger partial charge in [0.1, 0.15) is 0 Å². The van der Waals surface area contributed by atoms with Gasteiger partial charge in [-0.1, -0.05) is 13.3 Å². The molecule has 0 aliphatic heterocycles. The molecular weight excluding hydrogens is 182 g/mol. The van der Waals surface area contributed by atoms with E-state index in [9.17, 15) is 4.79 Å². The van der Waals surface area contributed by atoms with Crippen LogP contribution in [0.15, 0.2) is 0 Å². The van der Waals surface area contributed by atoms with Crippen LogP contribution in [0.4, 0.5) is 0 Å². The van der Waals surface area contributed by atoms with Crippen molar-refractivity contribution in [3.05, 3.63) is 0 Å². The molecule has 4 heteroatoms. The molecule has 1 unspecified atom stereocenters. The van der Waals surface area contributed by atoms with Gasteiger partial charge in [-0.3, -0.25) is 4.79 Å². The van der Waals surface area contributed by atoms with E-state index in [1.54, 1.807) is 6.92 Å². The van der Waals surface area contributed by atoms with Gasteiger partial charge in [-0.2, -0.15) is 0 Å². The molecule has 0 aliphatic carbocycles. The van der Waals surface area contributed by atoms with Gasteiger partial charge in [-0.15, -0.1) is 0 Å². The molecule has 0 rings (SSSR count). The van der Waals surface area contributed by atoms with Gasteiger partial charge in [-0.25, -0.2) is 0 Å². The van der Waals surface area contributed by atoms with Crippen molar-refractivity contribution in [2.75, 3.05) is 26.3 Å². The average molecular weight is 203 g/mol. The van der Waals surface area contributed by atoms with E-state index in [1.165, 1.54) is 0 Å². The molecule has 0 heterocycles. The topological polar surface area (TPSA) is 58.6 Å². The van der Waals surface area contributed by atoms with Crippen LogP contribution in [-0.4, -0.2) is 37.4 Å². The molecule has 0 aromatic rings. The first kappa shape index (κ1) is 13.4. The Morgan fingerprint density at radius 3 is 2.71 bits per heavy atom. The zero-order valence-corrected chi connectivity index (χ0v) is 9.08. The summed E-state index contributed by atoms with van der Waals surface area (Å²) in [4.78, 5) is 10.9. The van der Waals surface area contributed by atoms with Crippen LogP contribution in [-0.2, 0) is 9.53 Å². The molecule has 4 nitrogen and oxygen atoms in total. The van der Waals surface area contributed by atoms with Crippen LogP contribution in [0.25, 0.3) is 0 Å². The minimum atomic E-state index is -0.216. The van der Waals surface area contributed by atoms with E-state index < -0.39 is 0 Å². The highest BCUT2D eigenvalue weighted by Crippen LogP contribution is 2.04. The fourth-order valence-electron chi connectivity index (χ4n) is 1.22. The molecule has 2 N–H and O–H groups in total. The van der Waals surface area contributed by atoms with E-state index in [1.807, 2.05) is 0 Å². The molecule has 0 fully saturated rings. The second-order valence-corrected chi connectivity index (χ2v) is 3.22. The summed E-state index contributed by atoms with van der Waals surface area (Å²) in [6.07, 6.45) is 1.79. The summed E-state index contributed by atoms with van der Waals surface area (Å²) in [6, 6.07) is 0. The molecule has 0 saturated heterocycles. The largest absolute Gasteiger partial charge is 0.465 e. The van der Waals surface area contributed by atoms with Gasteiger partial charge < -0.3 is 15.2 Å². The van der Waals surface area contributed by atoms with Crippen LogP contribution >= 0.6 is 0 Å². The lowest BCUT2D eigenvalue weighted by atomic mass is 10.0. The molecule has 14 heavy (non-hydrogen) atoms. The highest BCUT2D eigenvalue weighted by Gasteiger charge is 2.06. The third kappa shape index (κ3) is 6.86. The van der Waals surface area contributed by atoms with Gasteiger partial charge >= 0.3 is 5.97 Å². The number of nitrogens with one attached hydrogen (secondary N) is 1. The first-order valence-corrected chi connectivity index (χ1v) is 5.21. The quantitative estimate of drug-likeness (QED) is 0.566. The van der Waals surface area contributed by atoms with Crippen molar-refractivity contribution in [2.24, 2.45) is 5.92 Å². The maximum Gasteiger partial charge on any atom is 0.319 e. The molecule has 0 bridgehead atoms. The molecule has 0 radical (unpaired) electrons. The number of aliphatic hydroxyl groups excluding tert-OH is 1. The predicted molar refractivity (Wildman–Crippen MR) is 55.0 cm³/mol. The first-order chi connectivity index (χ1) is 6.74. The summed E-state index contributed by atoms with van der Waals surface area (Å²) in [5.74, 6) is 0.223. The summed E-state index contributed by atoms with van der Waals surface area (Å²) in [5, 5.41) is 11.8. The maximum absolute atomic E-state index is 10.9. The highest BCUT2D eigenvalue weighted by atomic mass is 16.5. The molecule has 84 valence electrons. The van der Waals surface area contributed by atoms with E-state index in [2.05, 4.69) is 12.2 Å². The van der Waals surface area contributed by atoms with E-state index in [-0.39, 0.29) is 19.1 Å². The molecule has 1 atom stereocenters. The molecule has 0 spiro atoms. The number of hydrogen-bond donors (Lipinski definition) is 2. The number of esters is 1. The van der Waals surface area contributed by atoms with Gasteiger partial charge in [-0.05, 0) is 25.8 Å². The van der Waals surface area contributed by atoms with E-state index in [4.69, 9.17) is 9.84 Å². The third-order valence-corrected chi connectivity index (χ3v) is 2.12. The summed E-state index contributed by atoms with van der Waals surface area (Å²) < 4.78 is 4.77. The van der Waals surface area contributed by atoms with Crippen LogP contribution < -0.4 is 5.32 Å². The van der Waals surface area contributed by atoms with Crippen molar-refractivity contribution in [3.63, 3.8) is 0 Å². The van der Waals surface area contributed by atoms with Crippen LogP contribution in [0.1, 0.15) is 26.7 Å². The molecule has 0 amide bonds. The van der Waals surface area contributed by atoms with Crippen LogP contribution in [0, 0.1) is 5.92 Å². The lowest BCUT2D eigenvalue weighted by Gasteiger charge is -2.13. The van der Waals surface area contributed by atoms with Gasteiger partial charge in [0.2, 0.25) is 0 Å². The SMILES string of the molecule is CCOC(=O)CNCC(CC)CCO. The Hall–Kier alpha value is -0.610. The molecule has 0 aromatic heterocycles. The van der Waals surface area contributed by atoms with Crippen LogP contribution in [0.5, 0.6) is 0 Å². The van der Waals surface area contributed by atoms with E-state index in [0.717, 1.165) is 19.4 Å². The van der Waals surface area contributed by atoms with Crippen LogP contribution in [0.2, 0.25) is 0 Å². The zero-order chi connectivity index (χ0) is 10.8. The summed E-state index contributed by atoms with van der Waals surface area (Å²) >= 11 is 0. The Morgan fingerprint density at radius 1 is 1.50 bits per heavy atom. The van der Waals surface area contributed by atoms with Gasteiger partial charge in [0.25, 0.3) is 0 Å². The van der Waals surface area contributed by atoms with E-state index >= 15 is 0 Å². The minimum absolute atomic E-state index is 0.208. The Morgan fingerprint density at radius 2 is 2.21 bits per heavy atom. The van der Waals surface area contributed by atoms with Gasteiger partial charge in [0.15, 0.2) is 0 Å². The summed E-state index contributed by atoms with van der Waals surface area (Å²) in [7, 11) is 0. The Bertz CT molecular complexity index is 150. The molecule has 0 aromatic carbocycles. The summed E-state index contributed by atoms with van der Waals surface area (Å²) in [5.41, 5.74) is 0. The lowest BCUT2D eigenvalue weighted by Crippen LogP contribution is -2.29. The highest BCUT2D eigenvalue weighted by molar-refractivity contribution is 5.71. The third-order valence-electron chi connectivity index (χ3n) is 2.12. The number of hydrogen-bond acceptors (Lipinski definition) is 4. The zero-order valence-electron chi connectivity index (χ0n) is 9.08. The average Bonchev–Trinajstić information content (AvgIpc) is 2.17. The Kier molecular flexibility index (Phi) is 8.57. The van der Waals surface area contributed by atoms with Crippen molar-refractivity contribution in [1.82, 2.24) is 5.32 Å². The number of rotatable bonds is 8. The van der Waals surface area contributed by atoms with Crippen molar-refractivity contribution in [3.8, 4) is 0 Å². The van der Waals surface area contributed by atoms with Crippen molar-refractivity contribution < 1.29 is 14.6 Å². The Labute approximate surface area is 85.6 Å². The van der Waals surface area contributed by atoms with Crippen LogP contribution in [0.3, 0.4) is 0 Å². The molecule has 0 aliphatic rings. The fourth-order valence-corrected chi connectivity index (χ4v) is 1.22. The number of aliphatic hydroxyl groups is 1. The Balaban J connectivity index is 3.45. The standard InChI is InChI=1S/C10H21NO3/c1-3-9(5-6-12)7-11-8-10(13)14-4-2/h9,11-12H,3-8H2,1-2H3. The van der Waals surface area contributed by atoms with E-state index in [0.29, 0.717) is 12.5 Å². The fraction of sp³-hybridized carbons (Fsp3) is 0.900. The van der Waals surface area contributed by atoms with Crippen molar-refractivity contribution in [2.45, 2.75) is 26.7 Å². The van der Waals surface area contributed by atoms with Crippen molar-refractivity contribution in [1.29, 1.82) is 0 Å². The predicted octanol–water partition coefficient (Wildman–Crippen LogP) is 0.548. The smallest absolute Gasteiger partial charge is 0.319 e. The molecule has 0 saturated carbocycles. The maximum atomic E-state index is 10.9. The first-order valence-electron chi connectivity index (χ1n) is 5.21. The minimum Gasteiger partial charge on any atom is -0.465 e. The normalized spacial score (nSPS) is 12.5. The number of carbonyl (C=O) groups excluding carboxylic acids is 1. The lowest BCUT2D eigenvalue weighted by molar-refractivity contribution is -0.142. The van der Waals surface area contributed by atoms with Crippen molar-refractivity contribution >= 4 is 5.97 Å².